The molecule has 3 nitrogen and oxygen atoms in total. The predicted molar refractivity (Wildman–Crippen MR) is 98.2 cm³/mol. The Hall–Kier alpha value is -1.84. The second-order valence-electron chi connectivity index (χ2n) is 6.62. The fraction of sp³-hybridized carbons (Fsp3) is 0.350. The molecule has 124 valence electrons. The zero-order valence-electron chi connectivity index (χ0n) is 13.8. The van der Waals surface area contributed by atoms with Gasteiger partial charge in [-0.25, -0.2) is 4.98 Å². The van der Waals surface area contributed by atoms with Crippen molar-refractivity contribution in [3.05, 3.63) is 53.1 Å². The van der Waals surface area contributed by atoms with E-state index in [-0.39, 0.29) is 0 Å². The summed E-state index contributed by atoms with van der Waals surface area (Å²) in [5.74, 6) is 0.582. The van der Waals surface area contributed by atoms with Crippen LogP contribution in [0.25, 0.3) is 22.6 Å². The summed E-state index contributed by atoms with van der Waals surface area (Å²) in [5.41, 5.74) is 3.82. The molecule has 4 heteroatoms. The van der Waals surface area contributed by atoms with Gasteiger partial charge in [0.2, 0.25) is 5.89 Å². The smallest absolute Gasteiger partial charge is 0.228 e. The highest BCUT2D eigenvalue weighted by Gasteiger charge is 2.19. The predicted octanol–water partition coefficient (Wildman–Crippen LogP) is 5.52. The number of likely N-dealkylation sites (tertiary alicyclic amines) is 1. The highest BCUT2D eigenvalue weighted by molar-refractivity contribution is 6.33. The van der Waals surface area contributed by atoms with Crippen molar-refractivity contribution in [2.45, 2.75) is 38.8 Å². The van der Waals surface area contributed by atoms with Gasteiger partial charge in [0, 0.05) is 12.6 Å². The molecule has 0 spiro atoms. The summed E-state index contributed by atoms with van der Waals surface area (Å²) in [7, 11) is 0. The number of fused-ring (bicyclic) bond motifs is 1. The summed E-state index contributed by atoms with van der Waals surface area (Å²) < 4.78 is 5.89. The van der Waals surface area contributed by atoms with Crippen molar-refractivity contribution in [2.75, 3.05) is 6.54 Å². The number of hydrogen-bond acceptors (Lipinski definition) is 3. The number of oxazole rings is 1. The Balaban J connectivity index is 1.63. The topological polar surface area (TPSA) is 29.3 Å². The van der Waals surface area contributed by atoms with Gasteiger partial charge in [-0.2, -0.15) is 0 Å². The van der Waals surface area contributed by atoms with E-state index in [1.165, 1.54) is 31.4 Å². The molecule has 0 amide bonds. The molecule has 0 aliphatic carbocycles. The summed E-state index contributed by atoms with van der Waals surface area (Å²) in [5, 5.41) is 0.659. The van der Waals surface area contributed by atoms with Crippen molar-refractivity contribution in [1.82, 2.24) is 9.88 Å². The molecule has 4 rings (SSSR count). The SMILES string of the molecule is CC1CCCCN1Cc1ccc2oc(-c3ccccc3Cl)nc2c1. The number of nitrogens with zero attached hydrogens (tertiary/aromatic N) is 2. The van der Waals surface area contributed by atoms with E-state index in [1.54, 1.807) is 0 Å². The number of halogens is 1. The maximum Gasteiger partial charge on any atom is 0.228 e. The first kappa shape index (κ1) is 15.7. The van der Waals surface area contributed by atoms with Crippen LogP contribution in [0.5, 0.6) is 0 Å². The molecule has 1 fully saturated rings. The Morgan fingerprint density at radius 1 is 1.21 bits per heavy atom. The van der Waals surface area contributed by atoms with Crippen LogP contribution in [0.15, 0.2) is 46.9 Å². The molecule has 1 aliphatic rings. The molecule has 1 unspecified atom stereocenters. The third-order valence-corrected chi connectivity index (χ3v) is 5.21. The largest absolute Gasteiger partial charge is 0.436 e. The Morgan fingerprint density at radius 2 is 2.08 bits per heavy atom. The quantitative estimate of drug-likeness (QED) is 0.628. The van der Waals surface area contributed by atoms with Gasteiger partial charge in [0.05, 0.1) is 10.6 Å². The summed E-state index contributed by atoms with van der Waals surface area (Å²) in [6, 6.07) is 14.6. The number of rotatable bonds is 3. The van der Waals surface area contributed by atoms with Crippen LogP contribution < -0.4 is 0 Å². The first-order valence-corrected chi connectivity index (χ1v) is 8.97. The fourth-order valence-electron chi connectivity index (χ4n) is 3.45. The van der Waals surface area contributed by atoms with Crippen LogP contribution in [0.4, 0.5) is 0 Å². The lowest BCUT2D eigenvalue weighted by Gasteiger charge is -2.33. The van der Waals surface area contributed by atoms with Crippen LogP contribution in [0, 0.1) is 0 Å². The second-order valence-corrected chi connectivity index (χ2v) is 7.02. The van der Waals surface area contributed by atoms with Gasteiger partial charge in [-0.1, -0.05) is 36.2 Å². The fourth-order valence-corrected chi connectivity index (χ4v) is 3.66. The molecule has 0 radical (unpaired) electrons. The van der Waals surface area contributed by atoms with Gasteiger partial charge in [-0.05, 0) is 56.1 Å². The number of benzene rings is 2. The summed E-state index contributed by atoms with van der Waals surface area (Å²) in [4.78, 5) is 7.20. The van der Waals surface area contributed by atoms with Crippen molar-refractivity contribution in [3.8, 4) is 11.5 Å². The Kier molecular flexibility index (Phi) is 4.30. The lowest BCUT2D eigenvalue weighted by Crippen LogP contribution is -2.36. The number of aromatic nitrogens is 1. The first-order chi connectivity index (χ1) is 11.7. The van der Waals surface area contributed by atoms with E-state index in [0.717, 1.165) is 23.2 Å². The molecular formula is C20H21ClN2O. The van der Waals surface area contributed by atoms with Crippen molar-refractivity contribution in [3.63, 3.8) is 0 Å². The van der Waals surface area contributed by atoms with E-state index in [4.69, 9.17) is 16.0 Å². The molecule has 2 aromatic carbocycles. The maximum atomic E-state index is 6.26. The summed E-state index contributed by atoms with van der Waals surface area (Å²) in [6.07, 6.45) is 3.94. The normalized spacial score (nSPS) is 19.0. The third kappa shape index (κ3) is 3.06. The Bertz CT molecular complexity index is 858. The van der Waals surface area contributed by atoms with Crippen LogP contribution in [0.1, 0.15) is 31.7 Å². The molecule has 2 heterocycles. The van der Waals surface area contributed by atoms with E-state index in [2.05, 4.69) is 28.9 Å². The van der Waals surface area contributed by atoms with E-state index in [0.29, 0.717) is 17.0 Å². The van der Waals surface area contributed by atoms with Crippen LogP contribution in [-0.2, 0) is 6.54 Å². The Labute approximate surface area is 147 Å². The van der Waals surface area contributed by atoms with Gasteiger partial charge in [-0.15, -0.1) is 0 Å². The monoisotopic (exact) mass is 340 g/mol. The van der Waals surface area contributed by atoms with Gasteiger partial charge in [0.1, 0.15) is 5.52 Å². The van der Waals surface area contributed by atoms with Gasteiger partial charge in [0.25, 0.3) is 0 Å². The van der Waals surface area contributed by atoms with Gasteiger partial charge < -0.3 is 4.42 Å². The molecule has 0 bridgehead atoms. The van der Waals surface area contributed by atoms with Crippen LogP contribution in [-0.4, -0.2) is 22.5 Å². The van der Waals surface area contributed by atoms with Crippen LogP contribution in [0.2, 0.25) is 5.02 Å². The zero-order chi connectivity index (χ0) is 16.5. The van der Waals surface area contributed by atoms with E-state index < -0.39 is 0 Å². The van der Waals surface area contributed by atoms with Crippen molar-refractivity contribution < 1.29 is 4.42 Å². The molecule has 3 aromatic rings. The first-order valence-electron chi connectivity index (χ1n) is 8.59. The molecular weight excluding hydrogens is 320 g/mol. The van der Waals surface area contributed by atoms with Crippen molar-refractivity contribution in [1.29, 1.82) is 0 Å². The minimum absolute atomic E-state index is 0.582. The molecule has 1 atom stereocenters. The number of hydrogen-bond donors (Lipinski definition) is 0. The van der Waals surface area contributed by atoms with E-state index >= 15 is 0 Å². The number of piperidine rings is 1. The van der Waals surface area contributed by atoms with E-state index in [9.17, 15) is 0 Å². The maximum absolute atomic E-state index is 6.26. The zero-order valence-corrected chi connectivity index (χ0v) is 14.6. The second kappa shape index (κ2) is 6.58. The standard InChI is InChI=1S/C20H21ClN2O/c1-14-6-4-5-11-23(14)13-15-9-10-19-18(12-15)22-20(24-19)16-7-2-3-8-17(16)21/h2-3,7-10,12,14H,4-6,11,13H2,1H3. The lowest BCUT2D eigenvalue weighted by atomic mass is 10.0. The summed E-state index contributed by atoms with van der Waals surface area (Å²) >= 11 is 6.26. The van der Waals surface area contributed by atoms with Gasteiger partial charge in [0.15, 0.2) is 5.58 Å². The lowest BCUT2D eigenvalue weighted by molar-refractivity contribution is 0.152. The summed E-state index contributed by atoms with van der Waals surface area (Å²) in [6.45, 7) is 4.48. The highest BCUT2D eigenvalue weighted by atomic mass is 35.5. The average Bonchev–Trinajstić information content (AvgIpc) is 3.00. The van der Waals surface area contributed by atoms with Crippen LogP contribution >= 0.6 is 11.6 Å². The highest BCUT2D eigenvalue weighted by Crippen LogP contribution is 2.30. The van der Waals surface area contributed by atoms with Crippen molar-refractivity contribution >= 4 is 22.7 Å². The Morgan fingerprint density at radius 3 is 2.92 bits per heavy atom. The molecule has 0 saturated carbocycles. The molecule has 0 N–H and O–H groups in total. The molecule has 24 heavy (non-hydrogen) atoms. The third-order valence-electron chi connectivity index (χ3n) is 4.88. The minimum Gasteiger partial charge on any atom is -0.436 e. The van der Waals surface area contributed by atoms with Crippen LogP contribution in [0.3, 0.4) is 0 Å². The van der Waals surface area contributed by atoms with E-state index in [1.807, 2.05) is 30.3 Å². The minimum atomic E-state index is 0.582. The van der Waals surface area contributed by atoms with Crippen molar-refractivity contribution in [2.24, 2.45) is 0 Å². The average molecular weight is 341 g/mol. The van der Waals surface area contributed by atoms with Gasteiger partial charge in [-0.3, -0.25) is 4.90 Å². The molecule has 1 aliphatic heterocycles. The van der Waals surface area contributed by atoms with Gasteiger partial charge >= 0.3 is 0 Å². The molecule has 1 saturated heterocycles. The molecule has 1 aromatic heterocycles.